The predicted molar refractivity (Wildman–Crippen MR) is 104 cm³/mol. The van der Waals surface area contributed by atoms with Crippen molar-refractivity contribution >= 4 is 11.7 Å². The molecular formula is C21H28N4O2. The van der Waals surface area contributed by atoms with E-state index in [2.05, 4.69) is 35.4 Å². The molecule has 2 heterocycles. The van der Waals surface area contributed by atoms with Gasteiger partial charge in [0.1, 0.15) is 0 Å². The van der Waals surface area contributed by atoms with Crippen LogP contribution in [-0.2, 0) is 12.8 Å². The Kier molecular flexibility index (Phi) is 5.14. The number of hydrogen-bond donors (Lipinski definition) is 1. The number of carbonyl (C=O) groups is 1. The molecule has 1 aliphatic heterocycles. The van der Waals surface area contributed by atoms with Crippen LogP contribution in [0.15, 0.2) is 22.7 Å². The molecule has 0 unspecified atom stereocenters. The van der Waals surface area contributed by atoms with Gasteiger partial charge in [-0.25, -0.2) is 4.79 Å². The zero-order valence-corrected chi connectivity index (χ0v) is 16.2. The lowest BCUT2D eigenvalue weighted by atomic mass is 9.90. The number of aromatic nitrogens is 2. The first-order valence-corrected chi connectivity index (χ1v) is 10.1. The van der Waals surface area contributed by atoms with Gasteiger partial charge in [-0.2, -0.15) is 4.98 Å². The fraction of sp³-hybridized carbons (Fsp3) is 0.571. The summed E-state index contributed by atoms with van der Waals surface area (Å²) in [5, 5.41) is 7.23. The molecule has 144 valence electrons. The normalized spacial score (nSPS) is 19.8. The third-order valence-electron chi connectivity index (χ3n) is 5.67. The van der Waals surface area contributed by atoms with Gasteiger partial charge in [0.25, 0.3) is 0 Å². The molecule has 1 aromatic heterocycles. The Bertz CT molecular complexity index is 814. The summed E-state index contributed by atoms with van der Waals surface area (Å²) in [5.74, 6) is 1.76. The third kappa shape index (κ3) is 3.84. The van der Waals surface area contributed by atoms with E-state index in [1.807, 2.05) is 17.0 Å². The van der Waals surface area contributed by atoms with Crippen molar-refractivity contribution in [3.05, 3.63) is 41.0 Å². The lowest BCUT2D eigenvalue weighted by molar-refractivity contribution is 0.184. The van der Waals surface area contributed by atoms with E-state index < -0.39 is 0 Å². The molecule has 27 heavy (non-hydrogen) atoms. The average molecular weight is 368 g/mol. The minimum atomic E-state index is -0.0257. The lowest BCUT2D eigenvalue weighted by Crippen LogP contribution is -2.41. The zero-order valence-electron chi connectivity index (χ0n) is 16.2. The van der Waals surface area contributed by atoms with E-state index >= 15 is 0 Å². The van der Waals surface area contributed by atoms with Gasteiger partial charge in [-0.15, -0.1) is 0 Å². The predicted octanol–water partition coefficient (Wildman–Crippen LogP) is 4.48. The van der Waals surface area contributed by atoms with Gasteiger partial charge in [-0.3, -0.25) is 0 Å². The number of anilines is 1. The van der Waals surface area contributed by atoms with Crippen LogP contribution in [0, 0.1) is 0 Å². The van der Waals surface area contributed by atoms with Gasteiger partial charge in [0.15, 0.2) is 5.82 Å². The molecule has 0 bridgehead atoms. The highest BCUT2D eigenvalue weighted by molar-refractivity contribution is 5.90. The molecule has 4 rings (SSSR count). The topological polar surface area (TPSA) is 71.3 Å². The highest BCUT2D eigenvalue weighted by atomic mass is 16.5. The summed E-state index contributed by atoms with van der Waals surface area (Å²) in [7, 11) is 0. The minimum Gasteiger partial charge on any atom is -0.339 e. The third-order valence-corrected chi connectivity index (χ3v) is 5.67. The summed E-state index contributed by atoms with van der Waals surface area (Å²) in [5.41, 5.74) is 3.66. The van der Waals surface area contributed by atoms with Crippen molar-refractivity contribution in [2.45, 2.75) is 64.2 Å². The number of rotatable bonds is 3. The monoisotopic (exact) mass is 368 g/mol. The van der Waals surface area contributed by atoms with E-state index in [4.69, 9.17) is 4.52 Å². The van der Waals surface area contributed by atoms with E-state index in [1.165, 1.54) is 24.0 Å². The second-order valence-corrected chi connectivity index (χ2v) is 8.01. The lowest BCUT2D eigenvalue weighted by Gasteiger charge is -2.31. The quantitative estimate of drug-likeness (QED) is 0.867. The van der Waals surface area contributed by atoms with Gasteiger partial charge < -0.3 is 14.7 Å². The number of fused-ring (bicyclic) bond motifs is 1. The molecular weight excluding hydrogens is 340 g/mol. The van der Waals surface area contributed by atoms with Crippen molar-refractivity contribution in [2.75, 3.05) is 18.4 Å². The number of carbonyl (C=O) groups excluding carboxylic acids is 1. The average Bonchev–Trinajstić information content (AvgIpc) is 3.19. The molecule has 1 saturated heterocycles. The summed E-state index contributed by atoms with van der Waals surface area (Å²) < 4.78 is 5.47. The van der Waals surface area contributed by atoms with Crippen LogP contribution in [0.4, 0.5) is 10.5 Å². The Labute approximate surface area is 160 Å². The molecule has 0 radical (unpaired) electrons. The Morgan fingerprint density at radius 1 is 1.26 bits per heavy atom. The molecule has 1 N–H and O–H groups in total. The van der Waals surface area contributed by atoms with Crippen LogP contribution in [0.1, 0.15) is 74.2 Å². The number of aryl methyl sites for hydroxylation is 1. The molecule has 2 amide bonds. The Balaban J connectivity index is 1.44. The van der Waals surface area contributed by atoms with Crippen LogP contribution >= 0.6 is 0 Å². The number of likely N-dealkylation sites (tertiary alicyclic amines) is 1. The van der Waals surface area contributed by atoms with E-state index in [9.17, 15) is 4.79 Å². The van der Waals surface area contributed by atoms with E-state index in [-0.39, 0.29) is 17.9 Å². The standard InChI is InChI=1S/C21H28N4O2/c1-14(2)19-23-20(27-24-19)16-9-6-12-25(13-16)21(26)22-18-11-5-8-15-7-3-4-10-17(15)18/h5,8,11,14,16H,3-4,6-7,9-10,12-13H2,1-2H3,(H,22,26)/t16-/m1/s1. The molecule has 2 aliphatic rings. The Morgan fingerprint density at radius 2 is 2.11 bits per heavy atom. The summed E-state index contributed by atoms with van der Waals surface area (Å²) in [4.78, 5) is 19.3. The second kappa shape index (κ2) is 7.71. The fourth-order valence-corrected chi connectivity index (χ4v) is 4.10. The van der Waals surface area contributed by atoms with Crippen molar-refractivity contribution in [1.82, 2.24) is 15.0 Å². The van der Waals surface area contributed by atoms with Crippen LogP contribution in [0.2, 0.25) is 0 Å². The first-order valence-electron chi connectivity index (χ1n) is 10.1. The van der Waals surface area contributed by atoms with Crippen molar-refractivity contribution in [3.8, 4) is 0 Å². The largest absolute Gasteiger partial charge is 0.339 e. The molecule has 6 heteroatoms. The molecule has 1 fully saturated rings. The highest BCUT2D eigenvalue weighted by Crippen LogP contribution is 2.30. The van der Waals surface area contributed by atoms with Gasteiger partial charge in [0.05, 0.1) is 5.92 Å². The second-order valence-electron chi connectivity index (χ2n) is 8.01. The maximum absolute atomic E-state index is 12.9. The number of amides is 2. The smallest absolute Gasteiger partial charge is 0.321 e. The summed E-state index contributed by atoms with van der Waals surface area (Å²) in [6, 6.07) is 6.23. The van der Waals surface area contributed by atoms with Gasteiger partial charge in [-0.1, -0.05) is 31.1 Å². The van der Waals surface area contributed by atoms with E-state index in [1.54, 1.807) is 0 Å². The maximum Gasteiger partial charge on any atom is 0.321 e. The van der Waals surface area contributed by atoms with E-state index in [0.717, 1.165) is 43.7 Å². The zero-order chi connectivity index (χ0) is 18.8. The highest BCUT2D eigenvalue weighted by Gasteiger charge is 2.29. The van der Waals surface area contributed by atoms with Crippen LogP contribution in [-0.4, -0.2) is 34.2 Å². The number of piperidine rings is 1. The van der Waals surface area contributed by atoms with Crippen LogP contribution in [0.5, 0.6) is 0 Å². The van der Waals surface area contributed by atoms with Gasteiger partial charge in [0, 0.05) is 24.7 Å². The van der Waals surface area contributed by atoms with Crippen molar-refractivity contribution in [1.29, 1.82) is 0 Å². The Morgan fingerprint density at radius 3 is 2.93 bits per heavy atom. The SMILES string of the molecule is CC(C)c1noc([C@@H]2CCCN(C(=O)Nc3cccc4c3CCCC4)C2)n1. The van der Waals surface area contributed by atoms with Crippen LogP contribution in [0.3, 0.4) is 0 Å². The molecule has 0 spiro atoms. The minimum absolute atomic E-state index is 0.0257. The molecule has 2 aromatic rings. The molecule has 1 atom stereocenters. The number of hydrogen-bond acceptors (Lipinski definition) is 4. The number of benzene rings is 1. The molecule has 0 saturated carbocycles. The maximum atomic E-state index is 12.9. The summed E-state index contributed by atoms with van der Waals surface area (Å²) in [6.07, 6.45) is 6.52. The molecule has 6 nitrogen and oxygen atoms in total. The summed E-state index contributed by atoms with van der Waals surface area (Å²) in [6.45, 7) is 5.49. The first kappa shape index (κ1) is 18.0. The number of nitrogens with zero attached hydrogens (tertiary/aromatic N) is 3. The first-order chi connectivity index (χ1) is 13.1. The fourth-order valence-electron chi connectivity index (χ4n) is 4.10. The molecule has 1 aliphatic carbocycles. The Hall–Kier alpha value is -2.37. The van der Waals surface area contributed by atoms with Crippen LogP contribution in [0.25, 0.3) is 0 Å². The summed E-state index contributed by atoms with van der Waals surface area (Å²) >= 11 is 0. The van der Waals surface area contributed by atoms with Crippen molar-refractivity contribution in [2.24, 2.45) is 0 Å². The van der Waals surface area contributed by atoms with Crippen LogP contribution < -0.4 is 5.32 Å². The van der Waals surface area contributed by atoms with Crippen molar-refractivity contribution < 1.29 is 9.32 Å². The number of nitrogens with one attached hydrogen (secondary N) is 1. The van der Waals surface area contributed by atoms with Gasteiger partial charge in [0.2, 0.25) is 5.89 Å². The van der Waals surface area contributed by atoms with Gasteiger partial charge in [-0.05, 0) is 55.7 Å². The number of urea groups is 1. The molecule has 1 aromatic carbocycles. The van der Waals surface area contributed by atoms with E-state index in [0.29, 0.717) is 12.4 Å². The van der Waals surface area contributed by atoms with Crippen molar-refractivity contribution in [3.63, 3.8) is 0 Å². The van der Waals surface area contributed by atoms with Gasteiger partial charge >= 0.3 is 6.03 Å².